The molecule has 0 saturated carbocycles. The molecule has 0 aliphatic carbocycles. The lowest BCUT2D eigenvalue weighted by molar-refractivity contribution is -0.385. The highest BCUT2D eigenvalue weighted by Crippen LogP contribution is 2.20. The second-order valence-electron chi connectivity index (χ2n) is 4.24. The number of aromatic carboxylic acids is 1. The minimum atomic E-state index is -1.66. The molecule has 2 aromatic rings. The zero-order chi connectivity index (χ0) is 16.3. The van der Waals surface area contributed by atoms with Gasteiger partial charge < -0.3 is 15.2 Å². The van der Waals surface area contributed by atoms with E-state index in [0.29, 0.717) is 5.69 Å². The van der Waals surface area contributed by atoms with Gasteiger partial charge in [-0.1, -0.05) is 15.9 Å². The smallest absolute Gasteiger partial charge is 0.270 e. The van der Waals surface area contributed by atoms with E-state index < -0.39 is 28.1 Å². The molecule has 0 aromatic heterocycles. The van der Waals surface area contributed by atoms with Crippen molar-refractivity contribution >= 4 is 39.2 Å². The predicted octanol–water partition coefficient (Wildman–Crippen LogP) is 1.97. The molecule has 0 spiro atoms. The van der Waals surface area contributed by atoms with E-state index in [9.17, 15) is 24.8 Å². The van der Waals surface area contributed by atoms with Crippen LogP contribution in [0.4, 0.5) is 11.4 Å². The average molecular weight is 364 g/mol. The molecule has 0 aliphatic heterocycles. The standard InChI is InChI=1S/C14H9BrN2O5/c15-8-1-3-9(4-2-8)16-13(18)11-6-5-10(17(21)22)7-12(11)14(19)20/h1-7H,(H,16,18)(H,19,20)/p-1. The zero-order valence-corrected chi connectivity index (χ0v) is 12.5. The highest BCUT2D eigenvalue weighted by Gasteiger charge is 2.17. The third kappa shape index (κ3) is 3.47. The first-order valence-electron chi connectivity index (χ1n) is 5.95. The molecule has 22 heavy (non-hydrogen) atoms. The maximum absolute atomic E-state index is 12.1. The topological polar surface area (TPSA) is 112 Å². The molecule has 0 aliphatic rings. The van der Waals surface area contributed by atoms with Crippen molar-refractivity contribution in [2.75, 3.05) is 5.32 Å². The Morgan fingerprint density at radius 1 is 1.05 bits per heavy atom. The van der Waals surface area contributed by atoms with Crippen LogP contribution < -0.4 is 10.4 Å². The predicted molar refractivity (Wildman–Crippen MR) is 79.5 cm³/mol. The van der Waals surface area contributed by atoms with Gasteiger partial charge in [-0.2, -0.15) is 0 Å². The van der Waals surface area contributed by atoms with E-state index in [1.54, 1.807) is 24.3 Å². The van der Waals surface area contributed by atoms with Crippen LogP contribution >= 0.6 is 15.9 Å². The van der Waals surface area contributed by atoms with Crippen LogP contribution in [-0.2, 0) is 0 Å². The van der Waals surface area contributed by atoms with Crippen molar-refractivity contribution in [3.8, 4) is 0 Å². The average Bonchev–Trinajstić information content (AvgIpc) is 2.48. The fourth-order valence-corrected chi connectivity index (χ4v) is 2.01. The normalized spacial score (nSPS) is 10.0. The first-order valence-corrected chi connectivity index (χ1v) is 6.74. The summed E-state index contributed by atoms with van der Waals surface area (Å²) in [5.74, 6) is -2.36. The number of rotatable bonds is 4. The Bertz CT molecular complexity index is 758. The Labute approximate surface area is 132 Å². The van der Waals surface area contributed by atoms with E-state index in [4.69, 9.17) is 0 Å². The van der Waals surface area contributed by atoms with Crippen molar-refractivity contribution in [1.29, 1.82) is 0 Å². The molecule has 8 heteroatoms. The number of benzene rings is 2. The Hall–Kier alpha value is -2.74. The molecule has 0 fully saturated rings. The third-order valence-electron chi connectivity index (χ3n) is 2.78. The van der Waals surface area contributed by atoms with E-state index in [2.05, 4.69) is 21.2 Å². The molecular formula is C14H8BrN2O5-. The van der Waals surface area contributed by atoms with E-state index in [1.165, 1.54) is 0 Å². The summed E-state index contributed by atoms with van der Waals surface area (Å²) in [7, 11) is 0. The molecule has 0 saturated heterocycles. The Balaban J connectivity index is 2.34. The maximum atomic E-state index is 12.1. The number of carboxylic acids is 1. The maximum Gasteiger partial charge on any atom is 0.270 e. The number of carbonyl (C=O) groups excluding carboxylic acids is 2. The summed E-state index contributed by atoms with van der Waals surface area (Å²) < 4.78 is 0.816. The number of nitrogens with zero attached hydrogens (tertiary/aromatic N) is 1. The van der Waals surface area contributed by atoms with E-state index in [0.717, 1.165) is 22.7 Å². The minimum Gasteiger partial charge on any atom is -0.545 e. The summed E-state index contributed by atoms with van der Waals surface area (Å²) in [6.45, 7) is 0. The Kier molecular flexibility index (Phi) is 4.52. The molecule has 1 N–H and O–H groups in total. The number of hydrogen-bond donors (Lipinski definition) is 1. The number of non-ortho nitro benzene ring substituents is 1. The molecule has 0 radical (unpaired) electrons. The van der Waals surface area contributed by atoms with Gasteiger partial charge in [0.15, 0.2) is 0 Å². The van der Waals surface area contributed by atoms with Crippen LogP contribution in [0.25, 0.3) is 0 Å². The first kappa shape index (κ1) is 15.6. The lowest BCUT2D eigenvalue weighted by Crippen LogP contribution is -2.26. The van der Waals surface area contributed by atoms with E-state index >= 15 is 0 Å². The highest BCUT2D eigenvalue weighted by atomic mass is 79.9. The highest BCUT2D eigenvalue weighted by molar-refractivity contribution is 9.10. The monoisotopic (exact) mass is 363 g/mol. The second kappa shape index (κ2) is 6.35. The van der Waals surface area contributed by atoms with Gasteiger partial charge in [0.2, 0.25) is 0 Å². The SMILES string of the molecule is O=C([O-])c1cc([N+](=O)[O-])ccc1C(=O)Nc1ccc(Br)cc1. The second-order valence-corrected chi connectivity index (χ2v) is 5.15. The molecule has 0 heterocycles. The molecule has 2 aromatic carbocycles. The van der Waals surface area contributed by atoms with Crippen molar-refractivity contribution in [1.82, 2.24) is 0 Å². The van der Waals surface area contributed by atoms with Crippen LogP contribution in [0.15, 0.2) is 46.9 Å². The van der Waals surface area contributed by atoms with Gasteiger partial charge >= 0.3 is 0 Å². The van der Waals surface area contributed by atoms with Gasteiger partial charge in [-0.3, -0.25) is 14.9 Å². The summed E-state index contributed by atoms with van der Waals surface area (Å²) in [6, 6.07) is 9.57. The summed E-state index contributed by atoms with van der Waals surface area (Å²) in [5.41, 5.74) is -0.729. The molecule has 2 rings (SSSR count). The summed E-state index contributed by atoms with van der Waals surface area (Å²) in [6.07, 6.45) is 0. The zero-order valence-electron chi connectivity index (χ0n) is 10.9. The van der Waals surface area contributed by atoms with Crippen LogP contribution in [0.5, 0.6) is 0 Å². The van der Waals surface area contributed by atoms with Crippen LogP contribution in [0.2, 0.25) is 0 Å². The summed E-state index contributed by atoms with van der Waals surface area (Å²) >= 11 is 3.25. The van der Waals surface area contributed by atoms with Gasteiger partial charge in [0, 0.05) is 33.4 Å². The first-order chi connectivity index (χ1) is 10.4. The van der Waals surface area contributed by atoms with Crippen molar-refractivity contribution in [3.05, 3.63) is 68.2 Å². The molecular weight excluding hydrogens is 356 g/mol. The Morgan fingerprint density at radius 3 is 2.23 bits per heavy atom. The molecule has 0 bridgehead atoms. The summed E-state index contributed by atoms with van der Waals surface area (Å²) in [4.78, 5) is 33.1. The van der Waals surface area contributed by atoms with Crippen LogP contribution in [0.1, 0.15) is 20.7 Å². The van der Waals surface area contributed by atoms with Crippen LogP contribution in [-0.4, -0.2) is 16.8 Å². The van der Waals surface area contributed by atoms with Gasteiger partial charge in [0.25, 0.3) is 11.6 Å². The van der Waals surface area contributed by atoms with Gasteiger partial charge in [0.05, 0.1) is 10.9 Å². The number of nitrogens with one attached hydrogen (secondary N) is 1. The molecule has 0 atom stereocenters. The van der Waals surface area contributed by atoms with Gasteiger partial charge in [-0.25, -0.2) is 0 Å². The molecule has 7 nitrogen and oxygen atoms in total. The quantitative estimate of drug-likeness (QED) is 0.658. The Morgan fingerprint density at radius 2 is 1.68 bits per heavy atom. The van der Waals surface area contributed by atoms with Gasteiger partial charge in [0.1, 0.15) is 0 Å². The number of nitro benzene ring substituents is 1. The number of halogens is 1. The number of carbonyl (C=O) groups is 2. The third-order valence-corrected chi connectivity index (χ3v) is 3.31. The summed E-state index contributed by atoms with van der Waals surface area (Å²) in [5, 5.41) is 24.3. The van der Waals surface area contributed by atoms with Crippen molar-refractivity contribution in [2.24, 2.45) is 0 Å². The molecule has 0 unspecified atom stereocenters. The number of carboxylic acid groups (broad SMARTS) is 1. The lowest BCUT2D eigenvalue weighted by Gasteiger charge is -2.11. The number of nitro groups is 1. The number of amides is 1. The fraction of sp³-hybridized carbons (Fsp3) is 0. The fourth-order valence-electron chi connectivity index (χ4n) is 1.74. The lowest BCUT2D eigenvalue weighted by atomic mass is 10.1. The van der Waals surface area contributed by atoms with Gasteiger partial charge in [-0.15, -0.1) is 0 Å². The van der Waals surface area contributed by atoms with Crippen LogP contribution in [0.3, 0.4) is 0 Å². The van der Waals surface area contributed by atoms with E-state index in [1.807, 2.05) is 0 Å². The van der Waals surface area contributed by atoms with Gasteiger partial charge in [-0.05, 0) is 30.3 Å². The number of hydrogen-bond acceptors (Lipinski definition) is 5. The van der Waals surface area contributed by atoms with Crippen molar-refractivity contribution < 1.29 is 19.6 Å². The van der Waals surface area contributed by atoms with Crippen molar-refractivity contribution in [2.45, 2.75) is 0 Å². The molecule has 112 valence electrons. The number of anilines is 1. The van der Waals surface area contributed by atoms with Crippen LogP contribution in [0, 0.1) is 10.1 Å². The molecule has 1 amide bonds. The minimum absolute atomic E-state index is 0.214. The largest absolute Gasteiger partial charge is 0.545 e. The van der Waals surface area contributed by atoms with E-state index in [-0.39, 0.29) is 5.56 Å². The van der Waals surface area contributed by atoms with Crippen molar-refractivity contribution in [3.63, 3.8) is 0 Å².